The fourth-order valence-corrected chi connectivity index (χ4v) is 1.98. The number of hydrogen-bond acceptors (Lipinski definition) is 3. The predicted octanol–water partition coefficient (Wildman–Crippen LogP) is 1.91. The molecule has 17 heavy (non-hydrogen) atoms. The molecule has 0 bridgehead atoms. The Kier molecular flexibility index (Phi) is 2.45. The van der Waals surface area contributed by atoms with Gasteiger partial charge in [-0.2, -0.15) is 0 Å². The Hall–Kier alpha value is -1.84. The molecule has 1 aromatic rings. The van der Waals surface area contributed by atoms with Crippen LogP contribution in [0.1, 0.15) is 41.5 Å². The van der Waals surface area contributed by atoms with Crippen molar-refractivity contribution in [3.63, 3.8) is 0 Å². The lowest BCUT2D eigenvalue weighted by Crippen LogP contribution is -2.37. The Bertz CT molecular complexity index is 501. The van der Waals surface area contributed by atoms with E-state index in [1.54, 1.807) is 18.2 Å². The highest BCUT2D eigenvalue weighted by molar-refractivity contribution is 6.23. The normalized spacial score (nSPS) is 15.4. The zero-order chi connectivity index (χ0) is 12.8. The predicted molar refractivity (Wildman–Crippen MR) is 65.7 cm³/mol. The number of hydrogen-bond donors (Lipinski definition) is 1. The van der Waals surface area contributed by atoms with E-state index in [2.05, 4.69) is 0 Å². The van der Waals surface area contributed by atoms with Crippen LogP contribution in [0, 0.1) is 5.41 Å². The Morgan fingerprint density at radius 2 is 1.82 bits per heavy atom. The Morgan fingerprint density at radius 3 is 2.35 bits per heavy atom. The van der Waals surface area contributed by atoms with Crippen LogP contribution < -0.4 is 5.73 Å². The molecule has 0 aromatic heterocycles. The average Bonchev–Trinajstić information content (AvgIpc) is 2.43. The highest BCUT2D eigenvalue weighted by Gasteiger charge is 2.38. The standard InChI is InChI=1S/C13H16N2O2/c1-13(2,3)7-15-11(16)8-5-4-6-9(14)10(8)12(15)17/h4-6H,7,14H2,1-3H3. The molecular formula is C13H16N2O2. The van der Waals surface area contributed by atoms with E-state index in [9.17, 15) is 9.59 Å². The highest BCUT2D eigenvalue weighted by atomic mass is 16.2. The molecule has 0 unspecified atom stereocenters. The summed E-state index contributed by atoms with van der Waals surface area (Å²) >= 11 is 0. The molecule has 1 heterocycles. The Morgan fingerprint density at radius 1 is 1.18 bits per heavy atom. The summed E-state index contributed by atoms with van der Waals surface area (Å²) in [5, 5.41) is 0. The van der Waals surface area contributed by atoms with Crippen molar-refractivity contribution in [2.75, 3.05) is 12.3 Å². The first-order valence-electron chi connectivity index (χ1n) is 5.56. The molecular weight excluding hydrogens is 216 g/mol. The van der Waals surface area contributed by atoms with E-state index in [0.29, 0.717) is 23.4 Å². The zero-order valence-corrected chi connectivity index (χ0v) is 10.3. The molecule has 0 aliphatic carbocycles. The lowest BCUT2D eigenvalue weighted by molar-refractivity contribution is 0.0600. The quantitative estimate of drug-likeness (QED) is 0.594. The van der Waals surface area contributed by atoms with E-state index in [-0.39, 0.29) is 17.2 Å². The second-order valence-corrected chi connectivity index (χ2v) is 5.53. The molecule has 0 radical (unpaired) electrons. The van der Waals surface area contributed by atoms with E-state index in [4.69, 9.17) is 5.73 Å². The molecule has 2 amide bonds. The number of nitrogens with zero attached hydrogens (tertiary/aromatic N) is 1. The first kappa shape index (κ1) is 11.6. The topological polar surface area (TPSA) is 63.4 Å². The molecule has 0 saturated carbocycles. The van der Waals surface area contributed by atoms with Gasteiger partial charge in [0, 0.05) is 12.2 Å². The van der Waals surface area contributed by atoms with E-state index < -0.39 is 0 Å². The second kappa shape index (κ2) is 3.58. The van der Waals surface area contributed by atoms with E-state index in [0.717, 1.165) is 0 Å². The summed E-state index contributed by atoms with van der Waals surface area (Å²) in [5.41, 5.74) is 6.77. The van der Waals surface area contributed by atoms with E-state index in [1.807, 2.05) is 20.8 Å². The van der Waals surface area contributed by atoms with Gasteiger partial charge in [-0.3, -0.25) is 14.5 Å². The van der Waals surface area contributed by atoms with Crippen LogP contribution >= 0.6 is 0 Å². The third-order valence-electron chi connectivity index (χ3n) is 2.66. The Labute approximate surface area is 100 Å². The van der Waals surface area contributed by atoms with Crippen LogP contribution in [0.5, 0.6) is 0 Å². The molecule has 0 saturated heterocycles. The molecule has 1 aromatic carbocycles. The number of carbonyl (C=O) groups excluding carboxylic acids is 2. The first-order chi connectivity index (χ1) is 7.81. The van der Waals surface area contributed by atoms with Gasteiger partial charge in [0.15, 0.2) is 0 Å². The number of amides is 2. The minimum absolute atomic E-state index is 0.123. The van der Waals surface area contributed by atoms with Crippen LogP contribution in [0.4, 0.5) is 5.69 Å². The number of nitrogens with two attached hydrogens (primary N) is 1. The van der Waals surface area contributed by atoms with Gasteiger partial charge in [0.05, 0.1) is 11.1 Å². The summed E-state index contributed by atoms with van der Waals surface area (Å²) in [7, 11) is 0. The maximum absolute atomic E-state index is 12.1. The van der Waals surface area contributed by atoms with Crippen LogP contribution in [-0.2, 0) is 0 Å². The van der Waals surface area contributed by atoms with Gasteiger partial charge in [0.2, 0.25) is 0 Å². The third-order valence-corrected chi connectivity index (χ3v) is 2.66. The minimum atomic E-state index is -0.280. The zero-order valence-electron chi connectivity index (χ0n) is 10.3. The van der Waals surface area contributed by atoms with Gasteiger partial charge in [0.25, 0.3) is 11.8 Å². The van der Waals surface area contributed by atoms with Gasteiger partial charge in [-0.05, 0) is 17.5 Å². The third kappa shape index (κ3) is 1.90. The summed E-state index contributed by atoms with van der Waals surface area (Å²) in [6.45, 7) is 6.36. The number of rotatable bonds is 1. The molecule has 0 fully saturated rings. The number of benzene rings is 1. The van der Waals surface area contributed by atoms with Crippen molar-refractivity contribution in [1.29, 1.82) is 0 Å². The molecule has 4 nitrogen and oxygen atoms in total. The molecule has 0 spiro atoms. The van der Waals surface area contributed by atoms with Crippen molar-refractivity contribution in [2.24, 2.45) is 5.41 Å². The van der Waals surface area contributed by atoms with Gasteiger partial charge in [-0.25, -0.2) is 0 Å². The summed E-state index contributed by atoms with van der Waals surface area (Å²) < 4.78 is 0. The summed E-state index contributed by atoms with van der Waals surface area (Å²) in [4.78, 5) is 25.5. The lowest BCUT2D eigenvalue weighted by atomic mass is 9.96. The summed E-state index contributed by atoms with van der Waals surface area (Å²) in [6, 6.07) is 4.99. The van der Waals surface area contributed by atoms with Crippen LogP contribution in [0.25, 0.3) is 0 Å². The summed E-state index contributed by atoms with van der Waals surface area (Å²) in [5.74, 6) is -0.523. The molecule has 1 aliphatic rings. The summed E-state index contributed by atoms with van der Waals surface area (Å²) in [6.07, 6.45) is 0. The van der Waals surface area contributed by atoms with Gasteiger partial charge in [0.1, 0.15) is 0 Å². The van der Waals surface area contributed by atoms with Crippen molar-refractivity contribution >= 4 is 17.5 Å². The molecule has 2 N–H and O–H groups in total. The molecule has 1 aliphatic heterocycles. The molecule has 2 rings (SSSR count). The van der Waals surface area contributed by atoms with Crippen LogP contribution in [0.15, 0.2) is 18.2 Å². The molecule has 4 heteroatoms. The average molecular weight is 232 g/mol. The smallest absolute Gasteiger partial charge is 0.263 e. The first-order valence-corrected chi connectivity index (χ1v) is 5.56. The number of anilines is 1. The maximum atomic E-state index is 12.1. The van der Waals surface area contributed by atoms with E-state index in [1.165, 1.54) is 4.90 Å². The van der Waals surface area contributed by atoms with E-state index >= 15 is 0 Å². The van der Waals surface area contributed by atoms with Crippen molar-refractivity contribution < 1.29 is 9.59 Å². The van der Waals surface area contributed by atoms with Gasteiger partial charge < -0.3 is 5.73 Å². The lowest BCUT2D eigenvalue weighted by Gasteiger charge is -2.24. The van der Waals surface area contributed by atoms with Crippen molar-refractivity contribution in [3.05, 3.63) is 29.3 Å². The number of carbonyl (C=O) groups is 2. The minimum Gasteiger partial charge on any atom is -0.398 e. The van der Waals surface area contributed by atoms with Crippen LogP contribution in [0.2, 0.25) is 0 Å². The van der Waals surface area contributed by atoms with Crippen molar-refractivity contribution in [3.8, 4) is 0 Å². The fourth-order valence-electron chi connectivity index (χ4n) is 1.98. The molecule has 90 valence electrons. The van der Waals surface area contributed by atoms with Crippen molar-refractivity contribution in [1.82, 2.24) is 4.90 Å². The number of imide groups is 1. The highest BCUT2D eigenvalue weighted by Crippen LogP contribution is 2.29. The largest absolute Gasteiger partial charge is 0.398 e. The monoisotopic (exact) mass is 232 g/mol. The number of nitrogen functional groups attached to an aromatic ring is 1. The van der Waals surface area contributed by atoms with Crippen LogP contribution in [0.3, 0.4) is 0 Å². The van der Waals surface area contributed by atoms with Gasteiger partial charge in [-0.15, -0.1) is 0 Å². The van der Waals surface area contributed by atoms with Gasteiger partial charge >= 0.3 is 0 Å². The van der Waals surface area contributed by atoms with Crippen LogP contribution in [-0.4, -0.2) is 23.3 Å². The number of fused-ring (bicyclic) bond motifs is 1. The molecule has 0 atom stereocenters. The SMILES string of the molecule is CC(C)(C)CN1C(=O)c2cccc(N)c2C1=O. The van der Waals surface area contributed by atoms with Crippen molar-refractivity contribution in [2.45, 2.75) is 20.8 Å². The van der Waals surface area contributed by atoms with Gasteiger partial charge in [-0.1, -0.05) is 26.8 Å². The Balaban J connectivity index is 2.43. The fraction of sp³-hybridized carbons (Fsp3) is 0.385. The maximum Gasteiger partial charge on any atom is 0.263 e. The second-order valence-electron chi connectivity index (χ2n) is 5.53.